The van der Waals surface area contributed by atoms with Gasteiger partial charge in [0.2, 0.25) is 5.91 Å². The molecule has 6 heteroatoms. The Morgan fingerprint density at radius 2 is 1.88 bits per heavy atom. The second-order valence-corrected chi connectivity index (χ2v) is 7.05. The minimum Gasteiger partial charge on any atom is -0.358 e. The van der Waals surface area contributed by atoms with Gasteiger partial charge in [0.1, 0.15) is 0 Å². The average Bonchev–Trinajstić information content (AvgIpc) is 2.67. The van der Waals surface area contributed by atoms with E-state index in [1.54, 1.807) is 6.20 Å². The van der Waals surface area contributed by atoms with Crippen LogP contribution in [-0.4, -0.2) is 52.0 Å². The summed E-state index contributed by atoms with van der Waals surface area (Å²) < 4.78 is 0. The highest BCUT2D eigenvalue weighted by atomic mass is 32.1. The Balaban J connectivity index is 1.42. The van der Waals surface area contributed by atoms with Crippen molar-refractivity contribution in [1.82, 2.24) is 20.1 Å². The van der Waals surface area contributed by atoms with Gasteiger partial charge in [-0.15, -0.1) is 0 Å². The van der Waals surface area contributed by atoms with E-state index in [1.807, 2.05) is 23.2 Å². The molecule has 2 aliphatic rings. The topological polar surface area (TPSA) is 48.5 Å². The number of nitrogens with one attached hydrogen (secondary N) is 1. The van der Waals surface area contributed by atoms with Gasteiger partial charge in [-0.3, -0.25) is 9.78 Å². The summed E-state index contributed by atoms with van der Waals surface area (Å²) in [4.78, 5) is 20.9. The van der Waals surface area contributed by atoms with Gasteiger partial charge in [-0.2, -0.15) is 0 Å². The van der Waals surface area contributed by atoms with Crippen LogP contribution in [-0.2, 0) is 11.3 Å². The molecule has 1 saturated heterocycles. The molecule has 130 valence electrons. The van der Waals surface area contributed by atoms with E-state index in [1.165, 1.54) is 19.3 Å². The molecular formula is C18H26N4OS. The summed E-state index contributed by atoms with van der Waals surface area (Å²) in [5, 5.41) is 4.06. The van der Waals surface area contributed by atoms with Crippen molar-refractivity contribution >= 4 is 23.2 Å². The fraction of sp³-hybridized carbons (Fsp3) is 0.611. The number of nitrogens with zero attached hydrogens (tertiary/aromatic N) is 3. The number of hydrogen-bond donors (Lipinski definition) is 1. The Kier molecular flexibility index (Phi) is 6.01. The number of rotatable bonds is 3. The molecule has 0 unspecified atom stereocenters. The van der Waals surface area contributed by atoms with Crippen LogP contribution in [0.5, 0.6) is 0 Å². The largest absolute Gasteiger partial charge is 0.358 e. The van der Waals surface area contributed by atoms with Crippen molar-refractivity contribution in [1.29, 1.82) is 0 Å². The molecule has 3 rings (SSSR count). The van der Waals surface area contributed by atoms with Crippen molar-refractivity contribution in [3.8, 4) is 0 Å². The lowest BCUT2D eigenvalue weighted by atomic mass is 9.88. The van der Waals surface area contributed by atoms with Gasteiger partial charge in [0, 0.05) is 51.0 Å². The summed E-state index contributed by atoms with van der Waals surface area (Å²) in [6.45, 7) is 3.89. The molecule has 1 aliphatic heterocycles. The number of pyridine rings is 1. The van der Waals surface area contributed by atoms with E-state index >= 15 is 0 Å². The predicted octanol–water partition coefficient (Wildman–Crippen LogP) is 2.18. The van der Waals surface area contributed by atoms with E-state index in [0.717, 1.165) is 49.7 Å². The van der Waals surface area contributed by atoms with Crippen LogP contribution >= 0.6 is 12.2 Å². The van der Waals surface area contributed by atoms with Crippen LogP contribution in [0.1, 0.15) is 37.7 Å². The number of hydrogen-bond acceptors (Lipinski definition) is 3. The number of carbonyl (C=O) groups excluding carboxylic acids is 1. The maximum absolute atomic E-state index is 12.6. The van der Waals surface area contributed by atoms with Gasteiger partial charge in [0.15, 0.2) is 5.11 Å². The molecular weight excluding hydrogens is 320 g/mol. The molecule has 1 N–H and O–H groups in total. The summed E-state index contributed by atoms with van der Waals surface area (Å²) in [6, 6.07) is 3.96. The van der Waals surface area contributed by atoms with Gasteiger partial charge in [0.05, 0.1) is 0 Å². The van der Waals surface area contributed by atoms with Crippen molar-refractivity contribution in [2.75, 3.05) is 26.2 Å². The van der Waals surface area contributed by atoms with Gasteiger partial charge in [-0.05, 0) is 36.7 Å². The van der Waals surface area contributed by atoms with Crippen molar-refractivity contribution in [2.45, 2.75) is 38.6 Å². The number of amides is 1. The van der Waals surface area contributed by atoms with Gasteiger partial charge in [-0.1, -0.05) is 25.3 Å². The normalized spacial score (nSPS) is 19.2. The second kappa shape index (κ2) is 8.42. The summed E-state index contributed by atoms with van der Waals surface area (Å²) in [7, 11) is 0. The standard InChI is InChI=1S/C18H26N4OS/c23-17(16-6-2-1-3-7-16)21-9-11-22(12-10-21)18(24)20-14-15-5-4-8-19-13-15/h4-5,8,13,16H,1-3,6-7,9-12,14H2,(H,20,24). The van der Waals surface area contributed by atoms with E-state index < -0.39 is 0 Å². The molecule has 1 aliphatic carbocycles. The Morgan fingerprint density at radius 3 is 2.54 bits per heavy atom. The molecule has 0 radical (unpaired) electrons. The van der Waals surface area contributed by atoms with Crippen molar-refractivity contribution < 1.29 is 4.79 Å². The highest BCUT2D eigenvalue weighted by molar-refractivity contribution is 7.80. The summed E-state index contributed by atoms with van der Waals surface area (Å²) in [5.74, 6) is 0.629. The maximum Gasteiger partial charge on any atom is 0.225 e. The lowest BCUT2D eigenvalue weighted by Crippen LogP contribution is -2.54. The number of aromatic nitrogens is 1. The van der Waals surface area contributed by atoms with Crippen LogP contribution in [0.4, 0.5) is 0 Å². The second-order valence-electron chi connectivity index (χ2n) is 6.67. The first kappa shape index (κ1) is 17.1. The molecule has 0 bridgehead atoms. The lowest BCUT2D eigenvalue weighted by Gasteiger charge is -2.38. The third kappa shape index (κ3) is 4.44. The van der Waals surface area contributed by atoms with E-state index in [-0.39, 0.29) is 5.92 Å². The molecule has 5 nitrogen and oxygen atoms in total. The zero-order valence-corrected chi connectivity index (χ0v) is 14.9. The zero-order valence-electron chi connectivity index (χ0n) is 14.1. The van der Waals surface area contributed by atoms with Crippen LogP contribution in [0.25, 0.3) is 0 Å². The molecule has 1 aromatic rings. The first-order chi connectivity index (χ1) is 11.7. The van der Waals surface area contributed by atoms with Gasteiger partial charge in [0.25, 0.3) is 0 Å². The monoisotopic (exact) mass is 346 g/mol. The van der Waals surface area contributed by atoms with Gasteiger partial charge >= 0.3 is 0 Å². The van der Waals surface area contributed by atoms with Crippen molar-refractivity contribution in [2.24, 2.45) is 5.92 Å². The van der Waals surface area contributed by atoms with Crippen molar-refractivity contribution in [3.05, 3.63) is 30.1 Å². The molecule has 1 saturated carbocycles. The van der Waals surface area contributed by atoms with E-state index in [0.29, 0.717) is 12.5 Å². The Bertz CT molecular complexity index is 551. The molecule has 0 atom stereocenters. The highest BCUT2D eigenvalue weighted by Crippen LogP contribution is 2.25. The minimum atomic E-state index is 0.265. The van der Waals surface area contributed by atoms with Crippen molar-refractivity contribution in [3.63, 3.8) is 0 Å². The maximum atomic E-state index is 12.6. The van der Waals surface area contributed by atoms with Crippen LogP contribution in [0.3, 0.4) is 0 Å². The quantitative estimate of drug-likeness (QED) is 0.850. The van der Waals surface area contributed by atoms with Crippen LogP contribution < -0.4 is 5.32 Å². The fourth-order valence-electron chi connectivity index (χ4n) is 3.53. The number of carbonyl (C=O) groups is 1. The summed E-state index contributed by atoms with van der Waals surface area (Å²) in [5.41, 5.74) is 1.12. The number of thiocarbonyl (C=S) groups is 1. The molecule has 1 aromatic heterocycles. The molecule has 0 spiro atoms. The predicted molar refractivity (Wildman–Crippen MR) is 98.4 cm³/mol. The van der Waals surface area contributed by atoms with Crippen LogP contribution in [0, 0.1) is 5.92 Å². The Hall–Kier alpha value is -1.69. The Morgan fingerprint density at radius 1 is 1.17 bits per heavy atom. The molecule has 2 heterocycles. The molecule has 24 heavy (non-hydrogen) atoms. The first-order valence-corrected chi connectivity index (χ1v) is 9.35. The smallest absolute Gasteiger partial charge is 0.225 e. The average molecular weight is 347 g/mol. The lowest BCUT2D eigenvalue weighted by molar-refractivity contribution is -0.137. The first-order valence-electron chi connectivity index (χ1n) is 8.94. The molecule has 1 amide bonds. The van der Waals surface area contributed by atoms with E-state index in [4.69, 9.17) is 12.2 Å². The Labute approximate surface area is 149 Å². The highest BCUT2D eigenvalue weighted by Gasteiger charge is 2.28. The van der Waals surface area contributed by atoms with Gasteiger partial charge in [-0.25, -0.2) is 0 Å². The van der Waals surface area contributed by atoms with E-state index in [2.05, 4.69) is 15.2 Å². The van der Waals surface area contributed by atoms with Crippen LogP contribution in [0.2, 0.25) is 0 Å². The third-order valence-electron chi connectivity index (χ3n) is 5.00. The third-order valence-corrected chi connectivity index (χ3v) is 5.40. The van der Waals surface area contributed by atoms with Gasteiger partial charge < -0.3 is 15.1 Å². The van der Waals surface area contributed by atoms with E-state index in [9.17, 15) is 4.79 Å². The zero-order chi connectivity index (χ0) is 16.8. The summed E-state index contributed by atoms with van der Waals surface area (Å²) in [6.07, 6.45) is 9.46. The molecule has 0 aromatic carbocycles. The number of piperazine rings is 1. The van der Waals surface area contributed by atoms with Crippen LogP contribution in [0.15, 0.2) is 24.5 Å². The fourth-order valence-corrected chi connectivity index (χ4v) is 3.78. The summed E-state index contributed by atoms with van der Waals surface area (Å²) >= 11 is 5.49. The molecule has 2 fully saturated rings. The SMILES string of the molecule is O=C(C1CCCCC1)N1CCN(C(=S)NCc2cccnc2)CC1. The minimum absolute atomic E-state index is 0.265.